The smallest absolute Gasteiger partial charge is 0.320 e. The van der Waals surface area contributed by atoms with Gasteiger partial charge in [-0.25, -0.2) is 9.78 Å². The Morgan fingerprint density at radius 2 is 2.22 bits per heavy atom. The predicted octanol–water partition coefficient (Wildman–Crippen LogP) is 2.35. The summed E-state index contributed by atoms with van der Waals surface area (Å²) in [4.78, 5) is 18.3. The molecule has 0 spiro atoms. The van der Waals surface area contributed by atoms with Crippen LogP contribution in [-0.2, 0) is 4.74 Å². The molecule has 1 heterocycles. The zero-order valence-corrected chi connectivity index (χ0v) is 16.1. The predicted molar refractivity (Wildman–Crippen MR) is 108 cm³/mol. The molecule has 1 aliphatic rings. The number of hydrogen-bond acceptors (Lipinski definition) is 6. The molecular formula is C19H28N6O2. The van der Waals surface area contributed by atoms with Crippen molar-refractivity contribution in [3.63, 3.8) is 0 Å². The summed E-state index contributed by atoms with van der Waals surface area (Å²) in [6.07, 6.45) is 9.70. The van der Waals surface area contributed by atoms with E-state index in [2.05, 4.69) is 27.8 Å². The lowest BCUT2D eigenvalue weighted by molar-refractivity contribution is 0.250. The Morgan fingerprint density at radius 1 is 1.44 bits per heavy atom. The molecule has 1 aromatic rings. The average Bonchev–Trinajstić information content (AvgIpc) is 2.62. The SMILES string of the molecule is C[C@@H](NC(=O)Nc1cc(N)c(C(=N)OCCN(C)C)cn1)C1=CCCC=C1. The van der Waals surface area contributed by atoms with Crippen LogP contribution in [0.15, 0.2) is 36.1 Å². The molecule has 146 valence electrons. The van der Waals surface area contributed by atoms with E-state index in [-0.39, 0.29) is 18.0 Å². The topological polar surface area (TPSA) is 116 Å². The number of carbonyl (C=O) groups is 1. The third-order valence-corrected chi connectivity index (χ3v) is 4.08. The van der Waals surface area contributed by atoms with Gasteiger partial charge in [0.1, 0.15) is 12.4 Å². The van der Waals surface area contributed by atoms with Crippen LogP contribution in [0, 0.1) is 5.41 Å². The Kier molecular flexibility index (Phi) is 7.36. The quantitative estimate of drug-likeness (QED) is 0.433. The van der Waals surface area contributed by atoms with E-state index in [0.29, 0.717) is 30.2 Å². The minimum atomic E-state index is -0.362. The second-order valence-corrected chi connectivity index (χ2v) is 6.64. The Bertz CT molecular complexity index is 742. The van der Waals surface area contributed by atoms with E-state index in [1.807, 2.05) is 32.0 Å². The maximum atomic E-state index is 12.2. The highest BCUT2D eigenvalue weighted by Gasteiger charge is 2.14. The van der Waals surface area contributed by atoms with Crippen LogP contribution in [0.4, 0.5) is 16.3 Å². The highest BCUT2D eigenvalue weighted by Crippen LogP contribution is 2.17. The van der Waals surface area contributed by atoms with Crippen LogP contribution in [0.3, 0.4) is 0 Å². The number of urea groups is 1. The molecule has 1 aromatic heterocycles. The largest absolute Gasteiger partial charge is 0.476 e. The van der Waals surface area contributed by atoms with Crippen molar-refractivity contribution in [1.82, 2.24) is 15.2 Å². The first-order valence-electron chi connectivity index (χ1n) is 8.93. The van der Waals surface area contributed by atoms with Gasteiger partial charge in [0.25, 0.3) is 0 Å². The lowest BCUT2D eigenvalue weighted by atomic mass is 10.0. The van der Waals surface area contributed by atoms with Gasteiger partial charge in [-0.1, -0.05) is 18.2 Å². The lowest BCUT2D eigenvalue weighted by Crippen LogP contribution is -2.37. The van der Waals surface area contributed by atoms with E-state index >= 15 is 0 Å². The number of hydrogen-bond donors (Lipinski definition) is 4. The van der Waals surface area contributed by atoms with Crippen LogP contribution in [-0.4, -0.2) is 55.1 Å². The monoisotopic (exact) mass is 372 g/mol. The molecule has 2 rings (SSSR count). The molecule has 2 amide bonds. The molecule has 0 fully saturated rings. The van der Waals surface area contributed by atoms with Gasteiger partial charge in [0.05, 0.1) is 11.6 Å². The van der Waals surface area contributed by atoms with E-state index in [4.69, 9.17) is 15.9 Å². The van der Waals surface area contributed by atoms with Gasteiger partial charge in [-0.2, -0.15) is 0 Å². The van der Waals surface area contributed by atoms with Gasteiger partial charge in [-0.05, 0) is 39.4 Å². The highest BCUT2D eigenvalue weighted by molar-refractivity contribution is 5.97. The van der Waals surface area contributed by atoms with Crippen molar-refractivity contribution in [3.8, 4) is 0 Å². The van der Waals surface area contributed by atoms with E-state index in [1.165, 1.54) is 12.3 Å². The summed E-state index contributed by atoms with van der Waals surface area (Å²) >= 11 is 0. The number of amides is 2. The first-order valence-corrected chi connectivity index (χ1v) is 8.93. The Labute approximate surface area is 160 Å². The second-order valence-electron chi connectivity index (χ2n) is 6.64. The van der Waals surface area contributed by atoms with Crippen LogP contribution in [0.1, 0.15) is 25.3 Å². The number of nitrogens with one attached hydrogen (secondary N) is 3. The Hall–Kier alpha value is -2.87. The number of nitrogens with zero attached hydrogens (tertiary/aromatic N) is 2. The van der Waals surface area contributed by atoms with Crippen molar-refractivity contribution < 1.29 is 9.53 Å². The molecule has 0 saturated heterocycles. The summed E-state index contributed by atoms with van der Waals surface area (Å²) in [5, 5.41) is 13.5. The fraction of sp³-hybridized carbons (Fsp3) is 0.421. The molecule has 0 unspecified atom stereocenters. The number of aromatic nitrogens is 1. The maximum Gasteiger partial charge on any atom is 0.320 e. The normalized spacial score (nSPS) is 14.4. The standard InChI is InChI=1S/C19H28N6O2/c1-13(14-7-5-4-6-8-14)23-19(26)24-17-11-16(20)15(12-22-17)18(21)27-10-9-25(2)3/h5,7-8,11-13,21H,4,6,9-10H2,1-3H3,(H4,20,22,23,24,26)/t13-/m1/s1. The first-order chi connectivity index (χ1) is 12.9. The zero-order valence-electron chi connectivity index (χ0n) is 16.1. The zero-order chi connectivity index (χ0) is 19.8. The van der Waals surface area contributed by atoms with E-state index < -0.39 is 0 Å². The van der Waals surface area contributed by atoms with Gasteiger partial charge in [0, 0.05) is 24.5 Å². The molecule has 8 nitrogen and oxygen atoms in total. The van der Waals surface area contributed by atoms with Crippen LogP contribution in [0.25, 0.3) is 0 Å². The third-order valence-electron chi connectivity index (χ3n) is 4.08. The van der Waals surface area contributed by atoms with Gasteiger partial charge in [0.15, 0.2) is 0 Å². The van der Waals surface area contributed by atoms with E-state index in [1.54, 1.807) is 0 Å². The fourth-order valence-electron chi connectivity index (χ4n) is 2.52. The second kappa shape index (κ2) is 9.72. The molecule has 0 aliphatic heterocycles. The van der Waals surface area contributed by atoms with Gasteiger partial charge in [0.2, 0.25) is 5.90 Å². The van der Waals surface area contributed by atoms with Gasteiger partial charge < -0.3 is 20.7 Å². The molecule has 8 heteroatoms. The number of carbonyl (C=O) groups excluding carboxylic acids is 1. The maximum absolute atomic E-state index is 12.2. The van der Waals surface area contributed by atoms with Crippen molar-refractivity contribution >= 4 is 23.4 Å². The van der Waals surface area contributed by atoms with E-state index in [9.17, 15) is 4.79 Å². The number of anilines is 2. The van der Waals surface area contributed by atoms with Gasteiger partial charge in [-0.15, -0.1) is 0 Å². The number of rotatable bonds is 7. The van der Waals surface area contributed by atoms with Crippen molar-refractivity contribution in [2.24, 2.45) is 0 Å². The number of nitrogen functional groups attached to an aromatic ring is 1. The molecule has 0 radical (unpaired) electrons. The van der Waals surface area contributed by atoms with Crippen LogP contribution >= 0.6 is 0 Å². The van der Waals surface area contributed by atoms with Crippen molar-refractivity contribution in [1.29, 1.82) is 5.41 Å². The summed E-state index contributed by atoms with van der Waals surface area (Å²) < 4.78 is 5.37. The minimum absolute atomic E-state index is 0.0394. The Balaban J connectivity index is 1.90. The first kappa shape index (κ1) is 20.4. The van der Waals surface area contributed by atoms with Crippen molar-refractivity contribution in [2.75, 3.05) is 38.3 Å². The van der Waals surface area contributed by atoms with Gasteiger partial charge in [-0.3, -0.25) is 10.7 Å². The van der Waals surface area contributed by atoms with Crippen LogP contribution < -0.4 is 16.4 Å². The number of ether oxygens (including phenoxy) is 1. The third kappa shape index (κ3) is 6.41. The molecule has 0 aromatic carbocycles. The molecule has 5 N–H and O–H groups in total. The molecule has 27 heavy (non-hydrogen) atoms. The van der Waals surface area contributed by atoms with Crippen molar-refractivity contribution in [3.05, 3.63) is 41.6 Å². The number of allylic oxidation sites excluding steroid dienone is 2. The van der Waals surface area contributed by atoms with Crippen LogP contribution in [0.2, 0.25) is 0 Å². The number of pyridine rings is 1. The summed E-state index contributed by atoms with van der Waals surface area (Å²) in [5.41, 5.74) is 7.79. The van der Waals surface area contributed by atoms with Crippen molar-refractivity contribution in [2.45, 2.75) is 25.8 Å². The number of nitrogens with two attached hydrogens (primary N) is 1. The van der Waals surface area contributed by atoms with E-state index in [0.717, 1.165) is 18.4 Å². The minimum Gasteiger partial charge on any atom is -0.476 e. The molecule has 1 aliphatic carbocycles. The lowest BCUT2D eigenvalue weighted by Gasteiger charge is -2.18. The summed E-state index contributed by atoms with van der Waals surface area (Å²) in [7, 11) is 3.85. The molecule has 1 atom stereocenters. The van der Waals surface area contributed by atoms with Gasteiger partial charge >= 0.3 is 6.03 Å². The Morgan fingerprint density at radius 3 is 2.85 bits per heavy atom. The summed E-state index contributed by atoms with van der Waals surface area (Å²) in [5.74, 6) is 0.276. The van der Waals surface area contributed by atoms with Crippen LogP contribution in [0.5, 0.6) is 0 Å². The molecule has 0 saturated carbocycles. The highest BCUT2D eigenvalue weighted by atomic mass is 16.5. The fourth-order valence-corrected chi connectivity index (χ4v) is 2.52. The molecular weight excluding hydrogens is 344 g/mol. The number of likely N-dealkylation sites (N-methyl/N-ethyl adjacent to an activating group) is 1. The average molecular weight is 372 g/mol. The summed E-state index contributed by atoms with van der Waals surface area (Å²) in [6.45, 7) is 3.01. The molecule has 0 bridgehead atoms. The summed E-state index contributed by atoms with van der Waals surface area (Å²) in [6, 6.07) is 1.05.